The highest BCUT2D eigenvalue weighted by Gasteiger charge is 2.42. The summed E-state index contributed by atoms with van der Waals surface area (Å²) in [5.41, 5.74) is 1.64. The monoisotopic (exact) mass is 354 g/mol. The van der Waals surface area contributed by atoms with Crippen molar-refractivity contribution in [3.63, 3.8) is 0 Å². The Bertz CT molecular complexity index is 1000. The molecule has 1 saturated carbocycles. The van der Waals surface area contributed by atoms with E-state index in [0.717, 1.165) is 24.0 Å². The third kappa shape index (κ3) is 3.16. The molecule has 0 atom stereocenters. The van der Waals surface area contributed by atoms with Crippen molar-refractivity contribution in [1.82, 2.24) is 0 Å². The predicted octanol–water partition coefficient (Wildman–Crippen LogP) is 5.70. The van der Waals surface area contributed by atoms with Gasteiger partial charge in [-0.25, -0.2) is 4.79 Å². The molecule has 1 aliphatic rings. The van der Waals surface area contributed by atoms with Crippen molar-refractivity contribution < 1.29 is 13.2 Å². The van der Waals surface area contributed by atoms with Crippen LogP contribution in [-0.4, -0.2) is 0 Å². The van der Waals surface area contributed by atoms with E-state index in [1.807, 2.05) is 49.4 Å². The molecule has 2 aromatic carbocycles. The van der Waals surface area contributed by atoms with Crippen LogP contribution < -0.4 is 5.63 Å². The molecule has 0 radical (unpaired) electrons. The number of alkyl halides is 2. The molecule has 1 aromatic heterocycles. The molecule has 1 aliphatic carbocycles. The van der Waals surface area contributed by atoms with Gasteiger partial charge >= 0.3 is 11.5 Å². The second kappa shape index (κ2) is 6.35. The lowest BCUT2D eigenvalue weighted by atomic mass is 9.95. The maximum Gasteiger partial charge on any atom is 0.344 e. The Hall–Kier alpha value is -2.49. The van der Waals surface area contributed by atoms with Gasteiger partial charge in [0.05, 0.1) is 5.39 Å². The Kier molecular flexibility index (Phi) is 4.14. The van der Waals surface area contributed by atoms with Crippen molar-refractivity contribution >= 4 is 10.8 Å². The van der Waals surface area contributed by atoms with E-state index < -0.39 is 17.3 Å². The number of rotatable bonds is 5. The van der Waals surface area contributed by atoms with E-state index in [1.54, 1.807) is 6.07 Å². The number of aryl methyl sites for hydroxylation is 2. The van der Waals surface area contributed by atoms with Crippen LogP contribution in [0.1, 0.15) is 47.6 Å². The molecule has 1 fully saturated rings. The minimum atomic E-state index is -3.18. The first kappa shape index (κ1) is 17.0. The summed E-state index contributed by atoms with van der Waals surface area (Å²) in [5, 5.41) is 1.01. The number of benzene rings is 2. The molecule has 2 nitrogen and oxygen atoms in total. The Balaban J connectivity index is 1.79. The van der Waals surface area contributed by atoms with Crippen molar-refractivity contribution in [2.24, 2.45) is 0 Å². The molecule has 0 saturated heterocycles. The van der Waals surface area contributed by atoms with E-state index in [4.69, 9.17) is 4.42 Å². The Morgan fingerprint density at radius 1 is 1.08 bits per heavy atom. The molecular weight excluding hydrogens is 334 g/mol. The summed E-state index contributed by atoms with van der Waals surface area (Å²) >= 11 is 0. The Morgan fingerprint density at radius 2 is 1.81 bits per heavy atom. The van der Waals surface area contributed by atoms with Crippen molar-refractivity contribution in [2.75, 3.05) is 0 Å². The summed E-state index contributed by atoms with van der Waals surface area (Å²) in [5.74, 6) is -3.55. The molecule has 0 aliphatic heterocycles. The smallest absolute Gasteiger partial charge is 0.344 e. The number of hydrogen-bond acceptors (Lipinski definition) is 2. The first-order chi connectivity index (χ1) is 12.5. The van der Waals surface area contributed by atoms with Crippen LogP contribution in [0.2, 0.25) is 0 Å². The SMILES string of the molecule is Cc1ccc2c(=O)oc(C(F)(F)CCc3ccccc3)c(C3CC3)c2c1. The quantitative estimate of drug-likeness (QED) is 0.588. The summed E-state index contributed by atoms with van der Waals surface area (Å²) in [6.07, 6.45) is 1.57. The van der Waals surface area contributed by atoms with Crippen LogP contribution in [0.4, 0.5) is 8.78 Å². The Labute approximate surface area is 150 Å². The molecule has 134 valence electrons. The van der Waals surface area contributed by atoms with Crippen LogP contribution in [0.5, 0.6) is 0 Å². The number of fused-ring (bicyclic) bond motifs is 1. The highest BCUT2D eigenvalue weighted by Crippen LogP contribution is 2.48. The molecular formula is C22H20F2O2. The molecule has 0 unspecified atom stereocenters. The van der Waals surface area contributed by atoms with Crippen LogP contribution in [0.3, 0.4) is 0 Å². The van der Waals surface area contributed by atoms with E-state index in [0.29, 0.717) is 16.3 Å². The number of hydrogen-bond donors (Lipinski definition) is 0. The van der Waals surface area contributed by atoms with Gasteiger partial charge in [0, 0.05) is 12.0 Å². The summed E-state index contributed by atoms with van der Waals surface area (Å²) in [7, 11) is 0. The van der Waals surface area contributed by atoms with E-state index in [9.17, 15) is 4.79 Å². The van der Waals surface area contributed by atoms with E-state index in [1.165, 1.54) is 0 Å². The van der Waals surface area contributed by atoms with Crippen LogP contribution in [0.15, 0.2) is 57.7 Å². The standard InChI is InChI=1S/C22H20F2O2/c1-14-7-10-17-18(13-14)19(16-8-9-16)20(26-21(17)25)22(23,24)12-11-15-5-3-2-4-6-15/h2-7,10,13,16H,8-9,11-12H2,1H3. The lowest BCUT2D eigenvalue weighted by molar-refractivity contribution is -0.0371. The molecule has 0 spiro atoms. The third-order valence-electron chi connectivity index (χ3n) is 5.01. The average Bonchev–Trinajstić information content (AvgIpc) is 3.45. The van der Waals surface area contributed by atoms with Crippen molar-refractivity contribution in [3.8, 4) is 0 Å². The fraction of sp³-hybridized carbons (Fsp3) is 0.318. The molecule has 0 N–H and O–H groups in total. The van der Waals surface area contributed by atoms with Crippen LogP contribution in [0.25, 0.3) is 10.8 Å². The highest BCUT2D eigenvalue weighted by atomic mass is 19.3. The van der Waals surface area contributed by atoms with Gasteiger partial charge in [-0.3, -0.25) is 0 Å². The topological polar surface area (TPSA) is 30.2 Å². The van der Waals surface area contributed by atoms with E-state index in [-0.39, 0.29) is 18.8 Å². The first-order valence-corrected chi connectivity index (χ1v) is 8.95. The molecule has 0 amide bonds. The van der Waals surface area contributed by atoms with E-state index >= 15 is 8.78 Å². The summed E-state index contributed by atoms with van der Waals surface area (Å²) in [6.45, 7) is 1.90. The van der Waals surface area contributed by atoms with Crippen molar-refractivity contribution in [3.05, 3.63) is 81.4 Å². The molecule has 3 aromatic rings. The lowest BCUT2D eigenvalue weighted by Gasteiger charge is -2.20. The maximum absolute atomic E-state index is 15.1. The molecule has 0 bridgehead atoms. The van der Waals surface area contributed by atoms with Crippen LogP contribution in [-0.2, 0) is 12.3 Å². The largest absolute Gasteiger partial charge is 0.421 e. The fourth-order valence-electron chi connectivity index (χ4n) is 3.49. The van der Waals surface area contributed by atoms with Gasteiger partial charge in [0.1, 0.15) is 0 Å². The zero-order valence-corrected chi connectivity index (χ0v) is 14.6. The van der Waals surface area contributed by atoms with Gasteiger partial charge in [0.15, 0.2) is 5.76 Å². The number of halogens is 2. The van der Waals surface area contributed by atoms with Gasteiger partial charge < -0.3 is 4.42 Å². The zero-order valence-electron chi connectivity index (χ0n) is 14.6. The minimum Gasteiger partial charge on any atom is -0.421 e. The highest BCUT2D eigenvalue weighted by molar-refractivity contribution is 5.86. The summed E-state index contributed by atoms with van der Waals surface area (Å²) in [6, 6.07) is 14.5. The fourth-order valence-corrected chi connectivity index (χ4v) is 3.49. The van der Waals surface area contributed by atoms with Gasteiger partial charge in [0.25, 0.3) is 0 Å². The predicted molar refractivity (Wildman–Crippen MR) is 97.9 cm³/mol. The third-order valence-corrected chi connectivity index (χ3v) is 5.01. The lowest BCUT2D eigenvalue weighted by Crippen LogP contribution is -2.20. The van der Waals surface area contributed by atoms with Gasteiger partial charge in [-0.15, -0.1) is 0 Å². The molecule has 1 heterocycles. The maximum atomic E-state index is 15.1. The van der Waals surface area contributed by atoms with Gasteiger partial charge in [0.2, 0.25) is 0 Å². The summed E-state index contributed by atoms with van der Waals surface area (Å²) in [4.78, 5) is 12.3. The normalized spacial score (nSPS) is 14.7. The van der Waals surface area contributed by atoms with Gasteiger partial charge in [-0.2, -0.15) is 8.78 Å². The first-order valence-electron chi connectivity index (χ1n) is 8.95. The van der Waals surface area contributed by atoms with Gasteiger partial charge in [-0.1, -0.05) is 48.0 Å². The molecule has 4 rings (SSSR count). The molecule has 26 heavy (non-hydrogen) atoms. The van der Waals surface area contributed by atoms with Gasteiger partial charge in [-0.05, 0) is 49.1 Å². The Morgan fingerprint density at radius 3 is 2.50 bits per heavy atom. The average molecular weight is 354 g/mol. The second-order valence-electron chi connectivity index (χ2n) is 7.15. The van der Waals surface area contributed by atoms with Crippen molar-refractivity contribution in [2.45, 2.75) is 44.4 Å². The summed E-state index contributed by atoms with van der Waals surface area (Å²) < 4.78 is 35.3. The van der Waals surface area contributed by atoms with E-state index in [2.05, 4.69) is 0 Å². The van der Waals surface area contributed by atoms with Crippen LogP contribution in [0, 0.1) is 6.92 Å². The molecule has 4 heteroatoms. The van der Waals surface area contributed by atoms with Crippen molar-refractivity contribution in [1.29, 1.82) is 0 Å². The zero-order chi connectivity index (χ0) is 18.3. The second-order valence-corrected chi connectivity index (χ2v) is 7.15. The minimum absolute atomic E-state index is 0.0567. The van der Waals surface area contributed by atoms with Crippen LogP contribution >= 0.6 is 0 Å².